The average Bonchev–Trinajstić information content (AvgIpc) is 3.39. The molecule has 0 aliphatic rings. The lowest BCUT2D eigenvalue weighted by Crippen LogP contribution is -2.24. The third-order valence-electron chi connectivity index (χ3n) is 4.53. The highest BCUT2D eigenvalue weighted by atomic mass is 35.5. The predicted octanol–water partition coefficient (Wildman–Crippen LogP) is 4.94. The van der Waals surface area contributed by atoms with Crippen molar-refractivity contribution in [1.29, 1.82) is 0 Å². The Labute approximate surface area is 187 Å². The van der Waals surface area contributed by atoms with Gasteiger partial charge in [-0.05, 0) is 48.5 Å². The third kappa shape index (κ3) is 4.98. The summed E-state index contributed by atoms with van der Waals surface area (Å²) in [6.45, 7) is 0.270. The van der Waals surface area contributed by atoms with E-state index in [0.29, 0.717) is 33.1 Å². The molecule has 1 amide bonds. The Morgan fingerprint density at radius 1 is 1.13 bits per heavy atom. The topological polar surface area (TPSA) is 73.0 Å². The van der Waals surface area contributed by atoms with E-state index in [2.05, 4.69) is 15.5 Å². The summed E-state index contributed by atoms with van der Waals surface area (Å²) in [6.07, 6.45) is 0. The van der Waals surface area contributed by atoms with Crippen LogP contribution in [0.4, 0.5) is 4.39 Å². The van der Waals surface area contributed by atoms with Gasteiger partial charge in [0.2, 0.25) is 5.91 Å². The van der Waals surface area contributed by atoms with Crippen molar-refractivity contribution in [2.75, 3.05) is 5.75 Å². The normalized spacial score (nSPS) is 10.9. The van der Waals surface area contributed by atoms with Gasteiger partial charge in [0.25, 0.3) is 0 Å². The number of benzene rings is 2. The SMILES string of the molecule is Cn1c(SCC(=O)NCc2ccc(-c3ccc(Cl)cc3)o2)nnc1-c1ccccc1F. The van der Waals surface area contributed by atoms with E-state index in [9.17, 15) is 9.18 Å². The molecule has 2 heterocycles. The first kappa shape index (κ1) is 21.1. The molecular formula is C22H18ClFN4O2S. The molecule has 0 spiro atoms. The first-order valence-corrected chi connectivity index (χ1v) is 10.8. The van der Waals surface area contributed by atoms with Crippen LogP contribution in [0.3, 0.4) is 0 Å². The predicted molar refractivity (Wildman–Crippen MR) is 118 cm³/mol. The van der Waals surface area contributed by atoms with E-state index in [-0.39, 0.29) is 24.0 Å². The van der Waals surface area contributed by atoms with Crippen LogP contribution in [-0.2, 0) is 18.4 Å². The number of carbonyl (C=O) groups is 1. The minimum atomic E-state index is -0.372. The molecule has 4 aromatic rings. The van der Waals surface area contributed by atoms with Crippen LogP contribution in [0.1, 0.15) is 5.76 Å². The van der Waals surface area contributed by atoms with Gasteiger partial charge in [0.15, 0.2) is 11.0 Å². The maximum Gasteiger partial charge on any atom is 0.230 e. The first-order valence-electron chi connectivity index (χ1n) is 9.39. The zero-order chi connectivity index (χ0) is 21.8. The highest BCUT2D eigenvalue weighted by Gasteiger charge is 2.15. The van der Waals surface area contributed by atoms with Gasteiger partial charge in [0, 0.05) is 17.6 Å². The van der Waals surface area contributed by atoms with Gasteiger partial charge in [-0.15, -0.1) is 10.2 Å². The molecule has 0 unspecified atom stereocenters. The maximum absolute atomic E-state index is 14.0. The molecule has 0 radical (unpaired) electrons. The zero-order valence-electron chi connectivity index (χ0n) is 16.5. The summed E-state index contributed by atoms with van der Waals surface area (Å²) < 4.78 is 21.4. The molecule has 4 rings (SSSR count). The highest BCUT2D eigenvalue weighted by molar-refractivity contribution is 7.99. The van der Waals surface area contributed by atoms with Crippen LogP contribution in [-0.4, -0.2) is 26.4 Å². The molecule has 0 aliphatic heterocycles. The van der Waals surface area contributed by atoms with Crippen molar-refractivity contribution in [2.45, 2.75) is 11.7 Å². The molecule has 0 fully saturated rings. The van der Waals surface area contributed by atoms with E-state index in [1.807, 2.05) is 24.3 Å². The van der Waals surface area contributed by atoms with Gasteiger partial charge >= 0.3 is 0 Å². The second kappa shape index (κ2) is 9.36. The van der Waals surface area contributed by atoms with Gasteiger partial charge in [-0.1, -0.05) is 35.5 Å². The van der Waals surface area contributed by atoms with Crippen LogP contribution in [0.15, 0.2) is 70.2 Å². The van der Waals surface area contributed by atoms with Crippen molar-refractivity contribution in [3.05, 3.63) is 77.3 Å². The Morgan fingerprint density at radius 2 is 1.90 bits per heavy atom. The van der Waals surface area contributed by atoms with E-state index in [0.717, 1.165) is 5.56 Å². The number of halogens is 2. The van der Waals surface area contributed by atoms with Gasteiger partial charge in [-0.2, -0.15) is 0 Å². The lowest BCUT2D eigenvalue weighted by molar-refractivity contribution is -0.118. The van der Waals surface area contributed by atoms with Crippen LogP contribution in [0.25, 0.3) is 22.7 Å². The smallest absolute Gasteiger partial charge is 0.230 e. The Hall–Kier alpha value is -3.10. The standard InChI is InChI=1S/C22H18ClFN4O2S/c1-28-21(17-4-2-3-5-18(17)24)26-27-22(28)31-13-20(29)25-12-16-10-11-19(30-16)14-6-8-15(23)9-7-14/h2-11H,12-13H2,1H3,(H,25,29). The van der Waals surface area contributed by atoms with Gasteiger partial charge in [0.1, 0.15) is 17.3 Å². The molecule has 0 aliphatic carbocycles. The second-order valence-corrected chi connectivity index (χ2v) is 8.06. The quantitative estimate of drug-likeness (QED) is 0.398. The van der Waals surface area contributed by atoms with Crippen molar-refractivity contribution in [2.24, 2.45) is 7.05 Å². The van der Waals surface area contributed by atoms with Crippen molar-refractivity contribution in [1.82, 2.24) is 20.1 Å². The number of aromatic nitrogens is 3. The monoisotopic (exact) mass is 456 g/mol. The minimum Gasteiger partial charge on any atom is -0.459 e. The van der Waals surface area contributed by atoms with Crippen molar-refractivity contribution in [3.63, 3.8) is 0 Å². The summed E-state index contributed by atoms with van der Waals surface area (Å²) in [5, 5.41) is 12.1. The number of hydrogen-bond donors (Lipinski definition) is 1. The van der Waals surface area contributed by atoms with Gasteiger partial charge in [-0.25, -0.2) is 4.39 Å². The second-order valence-electron chi connectivity index (χ2n) is 6.68. The number of carbonyl (C=O) groups excluding carboxylic acids is 1. The van der Waals surface area contributed by atoms with E-state index >= 15 is 0 Å². The van der Waals surface area contributed by atoms with E-state index < -0.39 is 0 Å². The highest BCUT2D eigenvalue weighted by Crippen LogP contribution is 2.25. The fourth-order valence-electron chi connectivity index (χ4n) is 2.93. The van der Waals surface area contributed by atoms with Crippen molar-refractivity contribution in [3.8, 4) is 22.7 Å². The summed E-state index contributed by atoms with van der Waals surface area (Å²) in [6, 6.07) is 17.4. The molecule has 0 bridgehead atoms. The zero-order valence-corrected chi connectivity index (χ0v) is 18.1. The van der Waals surface area contributed by atoms with Crippen LogP contribution < -0.4 is 5.32 Å². The van der Waals surface area contributed by atoms with Crippen LogP contribution >= 0.6 is 23.4 Å². The summed E-state index contributed by atoms with van der Waals surface area (Å²) in [5.41, 5.74) is 1.27. The molecule has 31 heavy (non-hydrogen) atoms. The maximum atomic E-state index is 14.0. The molecule has 9 heteroatoms. The number of nitrogens with zero attached hydrogens (tertiary/aromatic N) is 3. The third-order valence-corrected chi connectivity index (χ3v) is 5.80. The molecule has 0 saturated heterocycles. The number of hydrogen-bond acceptors (Lipinski definition) is 5. The molecule has 0 atom stereocenters. The van der Waals surface area contributed by atoms with E-state index in [1.165, 1.54) is 17.8 Å². The summed E-state index contributed by atoms with van der Waals surface area (Å²) in [4.78, 5) is 12.2. The lowest BCUT2D eigenvalue weighted by Gasteiger charge is -2.05. The lowest BCUT2D eigenvalue weighted by atomic mass is 10.2. The van der Waals surface area contributed by atoms with Gasteiger partial charge < -0.3 is 14.3 Å². The molecule has 158 valence electrons. The number of rotatable bonds is 7. The van der Waals surface area contributed by atoms with Crippen LogP contribution in [0.2, 0.25) is 5.02 Å². The summed E-state index contributed by atoms with van der Waals surface area (Å²) in [5.74, 6) is 1.35. The molecule has 2 aromatic heterocycles. The Kier molecular flexibility index (Phi) is 6.39. The number of amides is 1. The summed E-state index contributed by atoms with van der Waals surface area (Å²) in [7, 11) is 1.74. The fraction of sp³-hybridized carbons (Fsp3) is 0.136. The Bertz CT molecular complexity index is 1210. The Balaban J connectivity index is 1.31. The Morgan fingerprint density at radius 3 is 2.68 bits per heavy atom. The minimum absolute atomic E-state index is 0.147. The number of nitrogens with one attached hydrogen (secondary N) is 1. The molecular weight excluding hydrogens is 439 g/mol. The number of furan rings is 1. The fourth-order valence-corrected chi connectivity index (χ4v) is 3.79. The average molecular weight is 457 g/mol. The van der Waals surface area contributed by atoms with E-state index in [1.54, 1.807) is 41.9 Å². The van der Waals surface area contributed by atoms with Crippen LogP contribution in [0.5, 0.6) is 0 Å². The molecule has 1 N–H and O–H groups in total. The molecule has 0 saturated carbocycles. The van der Waals surface area contributed by atoms with Crippen molar-refractivity contribution >= 4 is 29.3 Å². The van der Waals surface area contributed by atoms with E-state index in [4.69, 9.17) is 16.0 Å². The first-order chi connectivity index (χ1) is 15.0. The number of thioether (sulfide) groups is 1. The largest absolute Gasteiger partial charge is 0.459 e. The van der Waals surface area contributed by atoms with Crippen LogP contribution in [0, 0.1) is 5.82 Å². The van der Waals surface area contributed by atoms with Gasteiger partial charge in [-0.3, -0.25) is 4.79 Å². The van der Waals surface area contributed by atoms with Crippen molar-refractivity contribution < 1.29 is 13.6 Å². The molecule has 6 nitrogen and oxygen atoms in total. The van der Waals surface area contributed by atoms with Gasteiger partial charge in [0.05, 0.1) is 17.9 Å². The molecule has 2 aromatic carbocycles. The summed E-state index contributed by atoms with van der Waals surface area (Å²) >= 11 is 7.13.